The van der Waals surface area contributed by atoms with E-state index >= 15 is 0 Å². The molecule has 0 unspecified atom stereocenters. The zero-order valence-corrected chi connectivity index (χ0v) is 21.4. The van der Waals surface area contributed by atoms with Crippen LogP contribution in [0.5, 0.6) is 11.5 Å². The maximum atomic E-state index is 12.9. The van der Waals surface area contributed by atoms with Crippen LogP contribution in [0.4, 0.5) is 10.5 Å². The molecule has 1 atom stereocenters. The van der Waals surface area contributed by atoms with Gasteiger partial charge in [-0.2, -0.15) is 0 Å². The standard InChI is InChI=1S/C26H26N2O8S/c1-5-8-19-11-18(14-22-24(29)27(26(31)37-22)16(3)25(30)34-4)13-21(35-6-2)23(19)36-15-17-9-7-10-20(12-17)28(32)33/h5,7,9-14,16H,1,6,8,15H2,2-4H3/b22-14+/t16-/m0/s1. The summed E-state index contributed by atoms with van der Waals surface area (Å²) in [5.74, 6) is -0.443. The van der Waals surface area contributed by atoms with Crippen LogP contribution in [-0.4, -0.2) is 46.7 Å². The number of allylic oxidation sites excluding steroid dienone is 1. The van der Waals surface area contributed by atoms with Crippen molar-refractivity contribution >= 4 is 40.6 Å². The first-order valence-electron chi connectivity index (χ1n) is 11.3. The quantitative estimate of drug-likeness (QED) is 0.132. The van der Waals surface area contributed by atoms with Crippen molar-refractivity contribution in [2.75, 3.05) is 13.7 Å². The maximum Gasteiger partial charge on any atom is 0.328 e. The highest BCUT2D eigenvalue weighted by Crippen LogP contribution is 2.38. The van der Waals surface area contributed by atoms with Gasteiger partial charge in [0.05, 0.1) is 23.5 Å². The third kappa shape index (κ3) is 6.36. The Labute approximate surface area is 218 Å². The third-order valence-corrected chi connectivity index (χ3v) is 6.26. The summed E-state index contributed by atoms with van der Waals surface area (Å²) in [6, 6.07) is 8.56. The van der Waals surface area contributed by atoms with E-state index in [1.54, 1.807) is 36.4 Å². The molecule has 3 rings (SSSR count). The van der Waals surface area contributed by atoms with E-state index in [0.29, 0.717) is 41.2 Å². The molecule has 0 aromatic heterocycles. The number of carbonyl (C=O) groups excluding carboxylic acids is 3. The minimum atomic E-state index is -1.05. The molecular weight excluding hydrogens is 500 g/mol. The van der Waals surface area contributed by atoms with Gasteiger partial charge in [0.15, 0.2) is 11.5 Å². The molecule has 1 aliphatic heterocycles. The summed E-state index contributed by atoms with van der Waals surface area (Å²) in [5.41, 5.74) is 1.86. The molecule has 0 aliphatic carbocycles. The number of non-ortho nitro benzene ring substituents is 1. The summed E-state index contributed by atoms with van der Waals surface area (Å²) in [5, 5.41) is 10.5. The SMILES string of the molecule is C=CCc1cc(/C=C2/SC(=O)N([C@@H](C)C(=O)OC)C2=O)cc(OCC)c1OCc1cccc([N+](=O)[O-])c1. The van der Waals surface area contributed by atoms with Crippen molar-refractivity contribution in [2.24, 2.45) is 0 Å². The molecule has 1 fully saturated rings. The first-order valence-corrected chi connectivity index (χ1v) is 12.1. The number of esters is 1. The van der Waals surface area contributed by atoms with Gasteiger partial charge in [-0.15, -0.1) is 6.58 Å². The zero-order valence-electron chi connectivity index (χ0n) is 20.6. The average Bonchev–Trinajstić information content (AvgIpc) is 3.15. The zero-order chi connectivity index (χ0) is 27.1. The van der Waals surface area contributed by atoms with Gasteiger partial charge in [0.2, 0.25) is 0 Å². The molecule has 1 aliphatic rings. The number of benzene rings is 2. The number of nitrogens with zero attached hydrogens (tertiary/aromatic N) is 2. The first kappa shape index (κ1) is 27.5. The van der Waals surface area contributed by atoms with E-state index in [0.717, 1.165) is 16.7 Å². The summed E-state index contributed by atoms with van der Waals surface area (Å²) in [7, 11) is 1.19. The van der Waals surface area contributed by atoms with E-state index in [4.69, 9.17) is 9.47 Å². The number of imide groups is 1. The topological polar surface area (TPSA) is 125 Å². The van der Waals surface area contributed by atoms with E-state index in [-0.39, 0.29) is 17.2 Å². The summed E-state index contributed by atoms with van der Waals surface area (Å²) in [4.78, 5) is 48.8. The molecule has 0 saturated carbocycles. The first-order chi connectivity index (χ1) is 17.7. The molecule has 2 aromatic carbocycles. The van der Waals surface area contributed by atoms with Crippen molar-refractivity contribution in [1.82, 2.24) is 4.90 Å². The normalized spacial score (nSPS) is 15.0. The number of ether oxygens (including phenoxy) is 3. The van der Waals surface area contributed by atoms with Gasteiger partial charge in [-0.1, -0.05) is 18.2 Å². The lowest BCUT2D eigenvalue weighted by molar-refractivity contribution is -0.384. The van der Waals surface area contributed by atoms with Gasteiger partial charge in [-0.05, 0) is 61.4 Å². The van der Waals surface area contributed by atoms with Crippen LogP contribution >= 0.6 is 11.8 Å². The predicted molar refractivity (Wildman–Crippen MR) is 138 cm³/mol. The highest BCUT2D eigenvalue weighted by Gasteiger charge is 2.41. The smallest absolute Gasteiger partial charge is 0.328 e. The highest BCUT2D eigenvalue weighted by molar-refractivity contribution is 8.18. The fourth-order valence-electron chi connectivity index (χ4n) is 3.66. The van der Waals surface area contributed by atoms with Crippen molar-refractivity contribution in [3.63, 3.8) is 0 Å². The summed E-state index contributed by atoms with van der Waals surface area (Å²) in [6.45, 7) is 7.42. The fraction of sp³-hybridized carbons (Fsp3) is 0.269. The van der Waals surface area contributed by atoms with Crippen LogP contribution in [0.25, 0.3) is 6.08 Å². The van der Waals surface area contributed by atoms with Gasteiger partial charge in [0.25, 0.3) is 16.8 Å². The molecule has 2 aromatic rings. The molecule has 2 amide bonds. The van der Waals surface area contributed by atoms with Crippen LogP contribution in [0.1, 0.15) is 30.5 Å². The van der Waals surface area contributed by atoms with Gasteiger partial charge in [-0.3, -0.25) is 24.6 Å². The Morgan fingerprint density at radius 1 is 1.24 bits per heavy atom. The molecule has 0 spiro atoms. The second kappa shape index (κ2) is 12.2. The summed E-state index contributed by atoms with van der Waals surface area (Å²) < 4.78 is 16.5. The summed E-state index contributed by atoms with van der Waals surface area (Å²) in [6.07, 6.45) is 3.64. The molecule has 0 N–H and O–H groups in total. The second-order valence-corrected chi connectivity index (χ2v) is 8.89. The molecular formula is C26H26N2O8S. The van der Waals surface area contributed by atoms with Crippen molar-refractivity contribution in [2.45, 2.75) is 32.9 Å². The van der Waals surface area contributed by atoms with Crippen LogP contribution in [0.15, 0.2) is 54.0 Å². The van der Waals surface area contributed by atoms with Crippen molar-refractivity contribution in [3.8, 4) is 11.5 Å². The van der Waals surface area contributed by atoms with Crippen LogP contribution in [0, 0.1) is 10.1 Å². The molecule has 1 saturated heterocycles. The van der Waals surface area contributed by atoms with E-state index in [1.807, 2.05) is 6.92 Å². The monoisotopic (exact) mass is 526 g/mol. The molecule has 194 valence electrons. The van der Waals surface area contributed by atoms with Gasteiger partial charge < -0.3 is 14.2 Å². The van der Waals surface area contributed by atoms with Crippen LogP contribution in [0.2, 0.25) is 0 Å². The van der Waals surface area contributed by atoms with Gasteiger partial charge >= 0.3 is 5.97 Å². The Bertz CT molecular complexity index is 1270. The number of methoxy groups -OCH3 is 1. The van der Waals surface area contributed by atoms with Gasteiger partial charge in [0.1, 0.15) is 12.6 Å². The van der Waals surface area contributed by atoms with Crippen molar-refractivity contribution in [1.29, 1.82) is 0 Å². The Balaban J connectivity index is 1.95. The minimum absolute atomic E-state index is 0.0386. The number of carbonyl (C=O) groups is 3. The maximum absolute atomic E-state index is 12.9. The van der Waals surface area contributed by atoms with E-state index in [9.17, 15) is 24.5 Å². The lowest BCUT2D eigenvalue weighted by atomic mass is 10.0. The number of hydrogen-bond donors (Lipinski definition) is 0. The molecule has 0 bridgehead atoms. The molecule has 1 heterocycles. The van der Waals surface area contributed by atoms with Crippen LogP contribution in [-0.2, 0) is 27.4 Å². The molecule has 0 radical (unpaired) electrons. The average molecular weight is 527 g/mol. The molecule has 10 nitrogen and oxygen atoms in total. The van der Waals surface area contributed by atoms with E-state index in [2.05, 4.69) is 11.3 Å². The number of hydrogen-bond acceptors (Lipinski definition) is 9. The largest absolute Gasteiger partial charge is 0.490 e. The number of nitro benzene ring substituents is 1. The minimum Gasteiger partial charge on any atom is -0.490 e. The van der Waals surface area contributed by atoms with E-state index < -0.39 is 28.1 Å². The molecule has 37 heavy (non-hydrogen) atoms. The second-order valence-electron chi connectivity index (χ2n) is 7.90. The number of rotatable bonds is 11. The van der Waals surface area contributed by atoms with Crippen molar-refractivity contribution in [3.05, 3.63) is 80.8 Å². The molecule has 11 heteroatoms. The number of amides is 2. The Kier molecular flexibility index (Phi) is 9.07. The summed E-state index contributed by atoms with van der Waals surface area (Å²) >= 11 is 0.730. The van der Waals surface area contributed by atoms with Crippen LogP contribution < -0.4 is 9.47 Å². The number of thioether (sulfide) groups is 1. The van der Waals surface area contributed by atoms with Crippen molar-refractivity contribution < 1.29 is 33.5 Å². The predicted octanol–water partition coefficient (Wildman–Crippen LogP) is 4.90. The Morgan fingerprint density at radius 2 is 2.00 bits per heavy atom. The van der Waals surface area contributed by atoms with Gasteiger partial charge in [0, 0.05) is 17.7 Å². The van der Waals surface area contributed by atoms with E-state index in [1.165, 1.54) is 26.2 Å². The Hall–Kier alpha value is -4.12. The van der Waals surface area contributed by atoms with Gasteiger partial charge in [-0.25, -0.2) is 4.79 Å². The van der Waals surface area contributed by atoms with Crippen LogP contribution in [0.3, 0.4) is 0 Å². The number of nitro groups is 1. The highest BCUT2D eigenvalue weighted by atomic mass is 32.2. The third-order valence-electron chi connectivity index (χ3n) is 5.37. The lowest BCUT2D eigenvalue weighted by Gasteiger charge is -2.18. The fourth-order valence-corrected chi connectivity index (χ4v) is 4.57. The Morgan fingerprint density at radius 3 is 2.65 bits per heavy atom. The lowest BCUT2D eigenvalue weighted by Crippen LogP contribution is -2.42.